The number of nitrogens with one attached hydrogen (secondary N) is 1. The number of rotatable bonds is 2. The van der Waals surface area contributed by atoms with Crippen LogP contribution >= 0.6 is 12.2 Å². The minimum Gasteiger partial charge on any atom is -0.494 e. The molecule has 2 aliphatic heterocycles. The van der Waals surface area contributed by atoms with Crippen molar-refractivity contribution in [2.24, 2.45) is 0 Å². The maximum atomic E-state index is 13.7. The number of nitrogens with zero attached hydrogens (tertiary/aromatic N) is 1. The Morgan fingerprint density at radius 1 is 1.17 bits per heavy atom. The second kappa shape index (κ2) is 6.46. The van der Waals surface area contributed by atoms with Gasteiger partial charge in [-0.15, -0.1) is 0 Å². The zero-order valence-electron chi connectivity index (χ0n) is 16.7. The lowest BCUT2D eigenvalue weighted by Gasteiger charge is -2.40. The van der Waals surface area contributed by atoms with E-state index in [4.69, 9.17) is 21.7 Å². The fourth-order valence-electron chi connectivity index (χ4n) is 5.13. The molecule has 29 heavy (non-hydrogen) atoms. The maximum absolute atomic E-state index is 13.7. The van der Waals surface area contributed by atoms with Crippen LogP contribution in [0.25, 0.3) is 0 Å². The molecule has 0 aromatic heterocycles. The van der Waals surface area contributed by atoms with E-state index in [1.807, 2.05) is 25.1 Å². The van der Waals surface area contributed by atoms with Gasteiger partial charge in [0.25, 0.3) is 5.91 Å². The number of thiocarbonyl (C=S) groups is 1. The molecule has 1 unspecified atom stereocenters. The summed E-state index contributed by atoms with van der Waals surface area (Å²) in [6, 6.07) is 14.3. The molecule has 6 heteroatoms. The van der Waals surface area contributed by atoms with Gasteiger partial charge in [-0.1, -0.05) is 24.3 Å². The van der Waals surface area contributed by atoms with E-state index < -0.39 is 11.1 Å². The molecule has 5 rings (SSSR count). The summed E-state index contributed by atoms with van der Waals surface area (Å²) in [4.78, 5) is 15.2. The van der Waals surface area contributed by atoms with E-state index in [-0.39, 0.29) is 5.91 Å². The highest BCUT2D eigenvalue weighted by atomic mass is 32.1. The Hall–Kier alpha value is -2.60. The van der Waals surface area contributed by atoms with Crippen LogP contribution in [-0.4, -0.2) is 35.2 Å². The van der Waals surface area contributed by atoms with E-state index in [0.717, 1.165) is 42.7 Å². The molecule has 1 saturated heterocycles. The van der Waals surface area contributed by atoms with E-state index in [2.05, 4.69) is 29.6 Å². The van der Waals surface area contributed by atoms with Crippen molar-refractivity contribution in [2.75, 3.05) is 13.7 Å². The molecule has 1 N–H and O–H groups in total. The first-order valence-electron chi connectivity index (χ1n) is 10.1. The Kier molecular flexibility index (Phi) is 4.10. The number of hydrogen-bond donors (Lipinski definition) is 1. The Morgan fingerprint density at radius 3 is 2.45 bits per heavy atom. The molecule has 3 aliphatic rings. The monoisotopic (exact) mass is 408 g/mol. The number of likely N-dealkylation sites (N-methyl/N-ethyl adjacent to an activating group) is 1. The van der Waals surface area contributed by atoms with Crippen molar-refractivity contribution in [1.29, 1.82) is 0 Å². The van der Waals surface area contributed by atoms with Crippen molar-refractivity contribution in [3.8, 4) is 11.5 Å². The molecule has 2 aromatic carbocycles. The third-order valence-corrected chi connectivity index (χ3v) is 6.97. The molecular formula is C23H24N2O3S. The quantitative estimate of drug-likeness (QED) is 0.773. The predicted octanol–water partition coefficient (Wildman–Crippen LogP) is 3.34. The van der Waals surface area contributed by atoms with Gasteiger partial charge in [0.05, 0.1) is 6.61 Å². The fourth-order valence-corrected chi connectivity index (χ4v) is 5.37. The average molecular weight is 409 g/mol. The molecule has 2 spiro atoms. The van der Waals surface area contributed by atoms with Crippen LogP contribution in [0.5, 0.6) is 11.5 Å². The predicted molar refractivity (Wildman–Crippen MR) is 114 cm³/mol. The third kappa shape index (κ3) is 2.45. The number of carbonyl (C=O) groups excluding carboxylic acids is 1. The summed E-state index contributed by atoms with van der Waals surface area (Å²) in [6.07, 6.45) is 3.18. The minimum absolute atomic E-state index is 0.0548. The number of benzene rings is 2. The maximum Gasteiger partial charge on any atom is 0.263 e. The topological polar surface area (TPSA) is 50.8 Å². The Labute approximate surface area is 176 Å². The van der Waals surface area contributed by atoms with E-state index in [0.29, 0.717) is 11.7 Å². The molecule has 2 heterocycles. The van der Waals surface area contributed by atoms with Crippen LogP contribution in [0, 0.1) is 0 Å². The minimum atomic E-state index is -1.02. The number of fused-ring (bicyclic) bond motifs is 4. The average Bonchev–Trinajstić information content (AvgIpc) is 3.02. The lowest BCUT2D eigenvalue weighted by atomic mass is 9.71. The van der Waals surface area contributed by atoms with Crippen molar-refractivity contribution < 1.29 is 14.3 Å². The van der Waals surface area contributed by atoms with E-state index >= 15 is 0 Å². The highest BCUT2D eigenvalue weighted by Crippen LogP contribution is 2.55. The summed E-state index contributed by atoms with van der Waals surface area (Å²) in [5, 5.41) is 3.84. The van der Waals surface area contributed by atoms with Gasteiger partial charge >= 0.3 is 0 Å². The van der Waals surface area contributed by atoms with Crippen molar-refractivity contribution in [3.05, 3.63) is 59.2 Å². The first kappa shape index (κ1) is 18.4. The SMILES string of the molecule is CCOc1ccc2c(c1)C1(NC(=S)N(C)C1=O)C1(CCc3ccccc3CC1)O2. The molecule has 1 amide bonds. The number of ether oxygens (including phenoxy) is 2. The highest BCUT2D eigenvalue weighted by Gasteiger charge is 2.68. The van der Waals surface area contributed by atoms with Crippen molar-refractivity contribution >= 4 is 23.2 Å². The Morgan fingerprint density at radius 2 is 1.86 bits per heavy atom. The van der Waals surface area contributed by atoms with Crippen LogP contribution in [-0.2, 0) is 23.2 Å². The zero-order chi connectivity index (χ0) is 20.2. The van der Waals surface area contributed by atoms with Gasteiger partial charge in [0, 0.05) is 12.6 Å². The molecule has 150 valence electrons. The molecular weight excluding hydrogens is 384 g/mol. The molecule has 2 aromatic rings. The summed E-state index contributed by atoms with van der Waals surface area (Å²) in [6.45, 7) is 2.51. The zero-order valence-corrected chi connectivity index (χ0v) is 17.5. The van der Waals surface area contributed by atoms with E-state index in [1.165, 1.54) is 11.1 Å². The van der Waals surface area contributed by atoms with Gasteiger partial charge in [0.2, 0.25) is 0 Å². The van der Waals surface area contributed by atoms with Gasteiger partial charge < -0.3 is 14.8 Å². The van der Waals surface area contributed by atoms with Gasteiger partial charge in [-0.2, -0.15) is 0 Å². The van der Waals surface area contributed by atoms with Gasteiger partial charge in [-0.3, -0.25) is 9.69 Å². The van der Waals surface area contributed by atoms with Crippen molar-refractivity contribution in [1.82, 2.24) is 10.2 Å². The lowest BCUT2D eigenvalue weighted by molar-refractivity contribution is -0.138. The van der Waals surface area contributed by atoms with Gasteiger partial charge in [-0.05, 0) is 74.2 Å². The number of hydrogen-bond acceptors (Lipinski definition) is 4. The molecule has 0 bridgehead atoms. The Bertz CT molecular complexity index is 994. The lowest BCUT2D eigenvalue weighted by Crippen LogP contribution is -2.61. The summed E-state index contributed by atoms with van der Waals surface area (Å²) in [7, 11) is 1.73. The Balaban J connectivity index is 1.66. The summed E-state index contributed by atoms with van der Waals surface area (Å²) >= 11 is 5.50. The number of carbonyl (C=O) groups is 1. The largest absolute Gasteiger partial charge is 0.494 e. The smallest absolute Gasteiger partial charge is 0.263 e. The van der Waals surface area contributed by atoms with Crippen LogP contribution < -0.4 is 14.8 Å². The fraction of sp³-hybridized carbons (Fsp3) is 0.391. The van der Waals surface area contributed by atoms with E-state index in [1.54, 1.807) is 11.9 Å². The number of aryl methyl sites for hydroxylation is 2. The molecule has 0 radical (unpaired) electrons. The van der Waals surface area contributed by atoms with E-state index in [9.17, 15) is 4.79 Å². The van der Waals surface area contributed by atoms with Gasteiger partial charge in [0.15, 0.2) is 10.7 Å². The van der Waals surface area contributed by atoms with Crippen LogP contribution in [0.3, 0.4) is 0 Å². The van der Waals surface area contributed by atoms with Crippen LogP contribution in [0.15, 0.2) is 42.5 Å². The van der Waals surface area contributed by atoms with Gasteiger partial charge in [0.1, 0.15) is 17.1 Å². The second-order valence-corrected chi connectivity index (χ2v) is 8.39. The molecule has 5 nitrogen and oxygen atoms in total. The molecule has 1 fully saturated rings. The van der Waals surface area contributed by atoms with Crippen LogP contribution in [0.4, 0.5) is 0 Å². The summed E-state index contributed by atoms with van der Waals surface area (Å²) < 4.78 is 12.4. The third-order valence-electron chi connectivity index (χ3n) is 6.59. The standard InChI is InChI=1S/C23H24N2O3S/c1-3-27-17-8-9-19-18(14-17)23(20(26)25(2)21(29)24-23)22(28-19)12-10-15-6-4-5-7-16(15)11-13-22/h4-9,14H,3,10-13H2,1-2H3,(H,24,29). The first-order valence-corrected chi connectivity index (χ1v) is 10.5. The van der Waals surface area contributed by atoms with Crippen LogP contribution in [0.1, 0.15) is 36.5 Å². The van der Waals surface area contributed by atoms with Gasteiger partial charge in [-0.25, -0.2) is 0 Å². The first-order chi connectivity index (χ1) is 14.0. The highest BCUT2D eigenvalue weighted by molar-refractivity contribution is 7.80. The molecule has 1 aliphatic carbocycles. The van der Waals surface area contributed by atoms with Crippen molar-refractivity contribution in [2.45, 2.75) is 43.7 Å². The normalized spacial score (nSPS) is 24.1. The number of amides is 1. The summed E-state index contributed by atoms with van der Waals surface area (Å²) in [5.74, 6) is 1.41. The summed E-state index contributed by atoms with van der Waals surface area (Å²) in [5.41, 5.74) is 1.76. The molecule has 1 atom stereocenters. The van der Waals surface area contributed by atoms with Crippen LogP contribution in [0.2, 0.25) is 0 Å². The van der Waals surface area contributed by atoms with Crippen molar-refractivity contribution in [3.63, 3.8) is 0 Å². The molecule has 0 saturated carbocycles. The second-order valence-electron chi connectivity index (χ2n) is 8.00.